The SMILES string of the molecule is Cc1nc(NC(=O)CC(N)c2ccccc2)sc1C.Cl. The number of carbonyl (C=O) groups is 1. The molecule has 108 valence electrons. The highest BCUT2D eigenvalue weighted by atomic mass is 35.5. The molecule has 0 bridgehead atoms. The maximum absolute atomic E-state index is 11.9. The van der Waals surface area contributed by atoms with Crippen LogP contribution >= 0.6 is 23.7 Å². The van der Waals surface area contributed by atoms with Gasteiger partial charge in [-0.2, -0.15) is 0 Å². The van der Waals surface area contributed by atoms with Gasteiger partial charge in [0.2, 0.25) is 5.91 Å². The zero-order valence-electron chi connectivity index (χ0n) is 11.4. The third-order valence-corrected chi connectivity index (χ3v) is 3.90. The summed E-state index contributed by atoms with van der Waals surface area (Å²) in [6.45, 7) is 3.91. The van der Waals surface area contributed by atoms with Crippen LogP contribution in [-0.2, 0) is 4.79 Å². The van der Waals surface area contributed by atoms with Crippen LogP contribution in [0.15, 0.2) is 30.3 Å². The summed E-state index contributed by atoms with van der Waals surface area (Å²) in [4.78, 5) is 17.3. The van der Waals surface area contributed by atoms with Crippen molar-refractivity contribution in [2.24, 2.45) is 5.73 Å². The Balaban J connectivity index is 0.00000200. The second kappa shape index (κ2) is 7.38. The Morgan fingerprint density at radius 3 is 2.55 bits per heavy atom. The van der Waals surface area contributed by atoms with E-state index >= 15 is 0 Å². The molecule has 1 amide bonds. The normalized spacial score (nSPS) is 11.6. The number of hydrogen-bond donors (Lipinski definition) is 2. The predicted molar refractivity (Wildman–Crippen MR) is 85.5 cm³/mol. The number of benzene rings is 1. The Bertz CT molecular complexity index is 552. The summed E-state index contributed by atoms with van der Waals surface area (Å²) < 4.78 is 0. The van der Waals surface area contributed by atoms with Crippen LogP contribution in [0.5, 0.6) is 0 Å². The largest absolute Gasteiger partial charge is 0.324 e. The van der Waals surface area contributed by atoms with Gasteiger partial charge in [-0.15, -0.1) is 23.7 Å². The molecule has 1 aromatic carbocycles. The lowest BCUT2D eigenvalue weighted by Crippen LogP contribution is -2.20. The van der Waals surface area contributed by atoms with Crippen molar-refractivity contribution in [1.29, 1.82) is 0 Å². The van der Waals surface area contributed by atoms with E-state index in [4.69, 9.17) is 5.73 Å². The molecule has 1 heterocycles. The van der Waals surface area contributed by atoms with Gasteiger partial charge in [0.25, 0.3) is 0 Å². The number of halogens is 1. The third-order valence-electron chi connectivity index (χ3n) is 2.91. The lowest BCUT2D eigenvalue weighted by molar-refractivity contribution is -0.116. The van der Waals surface area contributed by atoms with E-state index in [2.05, 4.69) is 10.3 Å². The number of rotatable bonds is 4. The van der Waals surface area contributed by atoms with E-state index in [1.807, 2.05) is 44.2 Å². The van der Waals surface area contributed by atoms with Gasteiger partial charge < -0.3 is 11.1 Å². The van der Waals surface area contributed by atoms with Gasteiger partial charge in [-0.05, 0) is 19.4 Å². The van der Waals surface area contributed by atoms with E-state index < -0.39 is 0 Å². The van der Waals surface area contributed by atoms with E-state index in [0.29, 0.717) is 5.13 Å². The predicted octanol–water partition coefficient (Wildman–Crippen LogP) is 3.21. The molecular formula is C14H18ClN3OS. The summed E-state index contributed by atoms with van der Waals surface area (Å²) in [5.74, 6) is -0.106. The standard InChI is InChI=1S/C14H17N3OS.ClH/c1-9-10(2)19-14(16-9)17-13(18)8-12(15)11-6-4-3-5-7-11;/h3-7,12H,8,15H2,1-2H3,(H,16,17,18);1H. The number of hydrogen-bond acceptors (Lipinski definition) is 4. The second-order valence-electron chi connectivity index (χ2n) is 4.43. The Hall–Kier alpha value is -1.43. The van der Waals surface area contributed by atoms with Crippen molar-refractivity contribution in [3.8, 4) is 0 Å². The molecule has 0 fully saturated rings. The first-order valence-electron chi connectivity index (χ1n) is 6.10. The lowest BCUT2D eigenvalue weighted by Gasteiger charge is -2.10. The van der Waals surface area contributed by atoms with Crippen LogP contribution < -0.4 is 11.1 Å². The number of anilines is 1. The van der Waals surface area contributed by atoms with Crippen LogP contribution in [0.1, 0.15) is 28.6 Å². The Kier molecular flexibility index (Phi) is 6.13. The second-order valence-corrected chi connectivity index (χ2v) is 5.63. The monoisotopic (exact) mass is 311 g/mol. The van der Waals surface area contributed by atoms with Gasteiger partial charge in [0.15, 0.2) is 5.13 Å². The molecule has 1 atom stereocenters. The van der Waals surface area contributed by atoms with E-state index in [0.717, 1.165) is 16.1 Å². The van der Waals surface area contributed by atoms with Crippen molar-refractivity contribution >= 4 is 34.8 Å². The van der Waals surface area contributed by atoms with Crippen LogP contribution in [0, 0.1) is 13.8 Å². The maximum Gasteiger partial charge on any atom is 0.228 e. The smallest absolute Gasteiger partial charge is 0.228 e. The van der Waals surface area contributed by atoms with Gasteiger partial charge in [-0.25, -0.2) is 4.98 Å². The van der Waals surface area contributed by atoms with Gasteiger partial charge in [0.1, 0.15) is 0 Å². The van der Waals surface area contributed by atoms with Gasteiger partial charge in [0, 0.05) is 17.3 Å². The van der Waals surface area contributed by atoms with Gasteiger partial charge in [-0.1, -0.05) is 30.3 Å². The zero-order valence-corrected chi connectivity index (χ0v) is 13.1. The minimum Gasteiger partial charge on any atom is -0.324 e. The fourth-order valence-corrected chi connectivity index (χ4v) is 2.55. The molecule has 0 aliphatic heterocycles. The minimum atomic E-state index is -0.289. The number of aromatic nitrogens is 1. The summed E-state index contributed by atoms with van der Waals surface area (Å²) in [7, 11) is 0. The number of amides is 1. The Labute approximate surface area is 128 Å². The van der Waals surface area contributed by atoms with E-state index in [-0.39, 0.29) is 30.8 Å². The molecule has 6 heteroatoms. The molecule has 2 aromatic rings. The minimum absolute atomic E-state index is 0. The van der Waals surface area contributed by atoms with E-state index in [1.165, 1.54) is 11.3 Å². The summed E-state index contributed by atoms with van der Waals surface area (Å²) in [5.41, 5.74) is 7.92. The third kappa shape index (κ3) is 4.30. The van der Waals surface area contributed by atoms with Gasteiger partial charge >= 0.3 is 0 Å². The average Bonchev–Trinajstić information content (AvgIpc) is 2.69. The fraction of sp³-hybridized carbons (Fsp3) is 0.286. The Morgan fingerprint density at radius 1 is 1.35 bits per heavy atom. The molecule has 3 N–H and O–H groups in total. The summed E-state index contributed by atoms with van der Waals surface area (Å²) in [6, 6.07) is 9.33. The van der Waals surface area contributed by atoms with Crippen LogP contribution in [-0.4, -0.2) is 10.9 Å². The quantitative estimate of drug-likeness (QED) is 0.911. The molecule has 1 aromatic heterocycles. The molecule has 1 unspecified atom stereocenters. The summed E-state index contributed by atoms with van der Waals surface area (Å²) in [6.07, 6.45) is 0.252. The van der Waals surface area contributed by atoms with Crippen LogP contribution in [0.4, 0.5) is 5.13 Å². The molecule has 0 aliphatic carbocycles. The zero-order chi connectivity index (χ0) is 13.8. The van der Waals surface area contributed by atoms with Gasteiger partial charge in [0.05, 0.1) is 5.69 Å². The first-order valence-corrected chi connectivity index (χ1v) is 6.92. The molecule has 0 aliphatic rings. The Morgan fingerprint density at radius 2 is 2.00 bits per heavy atom. The van der Waals surface area contributed by atoms with E-state index in [1.54, 1.807) is 0 Å². The molecular weight excluding hydrogens is 294 g/mol. The van der Waals surface area contributed by atoms with E-state index in [9.17, 15) is 4.79 Å². The molecule has 0 radical (unpaired) electrons. The maximum atomic E-state index is 11.9. The van der Waals surface area contributed by atoms with Crippen molar-refractivity contribution in [3.05, 3.63) is 46.5 Å². The topological polar surface area (TPSA) is 68.0 Å². The summed E-state index contributed by atoms with van der Waals surface area (Å²) in [5, 5.41) is 3.43. The van der Waals surface area contributed by atoms with Crippen molar-refractivity contribution in [1.82, 2.24) is 4.98 Å². The highest BCUT2D eigenvalue weighted by molar-refractivity contribution is 7.15. The van der Waals surface area contributed by atoms with Crippen molar-refractivity contribution < 1.29 is 4.79 Å². The fourth-order valence-electron chi connectivity index (χ4n) is 1.71. The molecule has 0 saturated carbocycles. The number of nitrogens with one attached hydrogen (secondary N) is 1. The molecule has 20 heavy (non-hydrogen) atoms. The highest BCUT2D eigenvalue weighted by Gasteiger charge is 2.13. The van der Waals surface area contributed by atoms with Crippen molar-refractivity contribution in [3.63, 3.8) is 0 Å². The number of nitrogens with two attached hydrogens (primary N) is 1. The lowest BCUT2D eigenvalue weighted by atomic mass is 10.0. The van der Waals surface area contributed by atoms with Crippen molar-refractivity contribution in [2.45, 2.75) is 26.3 Å². The number of nitrogens with zero attached hydrogens (tertiary/aromatic N) is 1. The molecule has 0 saturated heterocycles. The van der Waals surface area contributed by atoms with Crippen LogP contribution in [0.2, 0.25) is 0 Å². The van der Waals surface area contributed by atoms with Crippen molar-refractivity contribution in [2.75, 3.05) is 5.32 Å². The summed E-state index contributed by atoms with van der Waals surface area (Å²) >= 11 is 1.48. The molecule has 4 nitrogen and oxygen atoms in total. The highest BCUT2D eigenvalue weighted by Crippen LogP contribution is 2.22. The number of carbonyl (C=O) groups excluding carboxylic acids is 1. The number of aryl methyl sites for hydroxylation is 2. The first-order chi connectivity index (χ1) is 9.06. The molecule has 0 spiro atoms. The van der Waals surface area contributed by atoms with Crippen LogP contribution in [0.3, 0.4) is 0 Å². The first kappa shape index (κ1) is 16.6. The average molecular weight is 312 g/mol. The van der Waals surface area contributed by atoms with Gasteiger partial charge in [-0.3, -0.25) is 4.79 Å². The van der Waals surface area contributed by atoms with Crippen LogP contribution in [0.25, 0.3) is 0 Å². The molecule has 2 rings (SSSR count). The number of thiazole rings is 1.